The third-order valence-corrected chi connectivity index (χ3v) is 4.61. The molecule has 0 radical (unpaired) electrons. The minimum atomic E-state index is -0.498. The van der Waals surface area contributed by atoms with Gasteiger partial charge in [0.2, 0.25) is 0 Å². The number of aryl methyl sites for hydroxylation is 2. The van der Waals surface area contributed by atoms with Crippen molar-refractivity contribution < 1.29 is 8.78 Å². The molecule has 1 atom stereocenters. The van der Waals surface area contributed by atoms with E-state index in [9.17, 15) is 8.78 Å². The minimum Gasteiger partial charge on any atom is -0.306 e. The Morgan fingerprint density at radius 1 is 1.15 bits per heavy atom. The summed E-state index contributed by atoms with van der Waals surface area (Å²) in [7, 11) is 0. The van der Waals surface area contributed by atoms with Crippen molar-refractivity contribution in [2.45, 2.75) is 33.2 Å². The monoisotopic (exact) mass is 295 g/mol. The number of thiophene rings is 1. The van der Waals surface area contributed by atoms with E-state index in [2.05, 4.69) is 18.3 Å². The minimum absolute atomic E-state index is 0.218. The van der Waals surface area contributed by atoms with E-state index in [4.69, 9.17) is 0 Å². The van der Waals surface area contributed by atoms with Gasteiger partial charge >= 0.3 is 0 Å². The molecule has 108 valence electrons. The molecule has 2 aromatic rings. The van der Waals surface area contributed by atoms with Crippen LogP contribution in [0, 0.1) is 18.6 Å². The molecule has 0 fully saturated rings. The third kappa shape index (κ3) is 3.07. The molecule has 0 bridgehead atoms. The molecule has 1 heterocycles. The maximum absolute atomic E-state index is 14.1. The van der Waals surface area contributed by atoms with Crippen molar-refractivity contribution in [2.24, 2.45) is 0 Å². The van der Waals surface area contributed by atoms with Crippen LogP contribution in [0.3, 0.4) is 0 Å². The van der Waals surface area contributed by atoms with E-state index in [-0.39, 0.29) is 6.04 Å². The molecular weight excluding hydrogens is 276 g/mol. The summed E-state index contributed by atoms with van der Waals surface area (Å²) in [5.41, 5.74) is 0.979. The standard InChI is InChI=1S/C16H19F2NS/c1-4-11-6-7-15(20-11)16(19-5-2)12-8-10(3)13(17)9-14(12)18/h6-9,16,19H,4-5H2,1-3H3. The summed E-state index contributed by atoms with van der Waals surface area (Å²) in [6.45, 7) is 6.46. The highest BCUT2D eigenvalue weighted by molar-refractivity contribution is 7.12. The second-order valence-corrected chi connectivity index (χ2v) is 5.97. The van der Waals surface area contributed by atoms with E-state index in [0.717, 1.165) is 23.9 Å². The fourth-order valence-electron chi connectivity index (χ4n) is 2.21. The first kappa shape index (κ1) is 15.1. The normalized spacial score (nSPS) is 12.7. The molecule has 1 aromatic heterocycles. The number of hydrogen-bond acceptors (Lipinski definition) is 2. The van der Waals surface area contributed by atoms with Crippen LogP contribution >= 0.6 is 11.3 Å². The van der Waals surface area contributed by atoms with Gasteiger partial charge in [-0.2, -0.15) is 0 Å². The largest absolute Gasteiger partial charge is 0.306 e. The Bertz CT molecular complexity index is 592. The van der Waals surface area contributed by atoms with E-state index >= 15 is 0 Å². The van der Waals surface area contributed by atoms with Gasteiger partial charge in [-0.05, 0) is 43.7 Å². The Kier molecular flexibility index (Phi) is 4.89. The highest BCUT2D eigenvalue weighted by atomic mass is 32.1. The number of benzene rings is 1. The molecule has 0 aliphatic heterocycles. The van der Waals surface area contributed by atoms with Crippen LogP contribution in [-0.4, -0.2) is 6.54 Å². The fraction of sp³-hybridized carbons (Fsp3) is 0.375. The molecule has 0 aliphatic rings. The molecule has 0 saturated heterocycles. The molecule has 20 heavy (non-hydrogen) atoms. The summed E-state index contributed by atoms with van der Waals surface area (Å²) < 4.78 is 27.5. The summed E-state index contributed by atoms with van der Waals surface area (Å²) in [4.78, 5) is 2.33. The van der Waals surface area contributed by atoms with Crippen molar-refractivity contribution in [1.82, 2.24) is 5.32 Å². The molecule has 1 aromatic carbocycles. The number of nitrogens with one attached hydrogen (secondary N) is 1. The zero-order chi connectivity index (χ0) is 14.7. The van der Waals surface area contributed by atoms with Gasteiger partial charge in [0.15, 0.2) is 0 Å². The predicted molar refractivity (Wildman–Crippen MR) is 80.3 cm³/mol. The molecule has 0 aliphatic carbocycles. The lowest BCUT2D eigenvalue weighted by atomic mass is 10.0. The first-order valence-electron chi connectivity index (χ1n) is 6.84. The van der Waals surface area contributed by atoms with Crippen LogP contribution in [0.4, 0.5) is 8.78 Å². The first-order chi connectivity index (χ1) is 9.56. The second kappa shape index (κ2) is 6.46. The zero-order valence-corrected chi connectivity index (χ0v) is 12.8. The molecule has 1 nitrogen and oxygen atoms in total. The van der Waals surface area contributed by atoms with Crippen LogP contribution in [0.1, 0.15) is 40.8 Å². The molecule has 0 saturated carbocycles. The summed E-state index contributed by atoms with van der Waals surface area (Å²) in [6, 6.07) is 6.45. The van der Waals surface area contributed by atoms with Gasteiger partial charge in [-0.1, -0.05) is 13.8 Å². The van der Waals surface area contributed by atoms with E-state index in [1.807, 2.05) is 13.0 Å². The molecular formula is C16H19F2NS. The SMILES string of the molecule is CCNC(c1ccc(CC)s1)c1cc(C)c(F)cc1F. The van der Waals surface area contributed by atoms with Crippen LogP contribution in [0.5, 0.6) is 0 Å². The highest BCUT2D eigenvalue weighted by Gasteiger charge is 2.20. The Balaban J connectivity index is 2.45. The van der Waals surface area contributed by atoms with E-state index in [0.29, 0.717) is 11.1 Å². The van der Waals surface area contributed by atoms with E-state index < -0.39 is 11.6 Å². The lowest BCUT2D eigenvalue weighted by Gasteiger charge is -2.18. The van der Waals surface area contributed by atoms with Gasteiger partial charge in [0, 0.05) is 21.4 Å². The zero-order valence-electron chi connectivity index (χ0n) is 12.0. The maximum atomic E-state index is 14.1. The lowest BCUT2D eigenvalue weighted by Crippen LogP contribution is -2.22. The van der Waals surface area contributed by atoms with Crippen molar-refractivity contribution in [3.05, 3.63) is 56.8 Å². The summed E-state index contributed by atoms with van der Waals surface area (Å²) >= 11 is 1.67. The average Bonchev–Trinajstić information content (AvgIpc) is 2.89. The summed E-state index contributed by atoms with van der Waals surface area (Å²) in [5, 5.41) is 3.29. The van der Waals surface area contributed by atoms with Crippen LogP contribution in [0.25, 0.3) is 0 Å². The lowest BCUT2D eigenvalue weighted by molar-refractivity contribution is 0.540. The molecule has 0 spiro atoms. The maximum Gasteiger partial charge on any atom is 0.131 e. The van der Waals surface area contributed by atoms with Crippen LogP contribution in [0.15, 0.2) is 24.3 Å². The Morgan fingerprint density at radius 2 is 1.90 bits per heavy atom. The van der Waals surface area contributed by atoms with Crippen molar-refractivity contribution >= 4 is 11.3 Å². The average molecular weight is 295 g/mol. The van der Waals surface area contributed by atoms with Gasteiger partial charge in [0.25, 0.3) is 0 Å². The first-order valence-corrected chi connectivity index (χ1v) is 7.66. The van der Waals surface area contributed by atoms with Crippen molar-refractivity contribution in [3.8, 4) is 0 Å². The Hall–Kier alpha value is -1.26. The molecule has 0 amide bonds. The Labute approximate surface area is 122 Å². The number of rotatable bonds is 5. The van der Waals surface area contributed by atoms with Gasteiger partial charge in [-0.25, -0.2) is 8.78 Å². The Morgan fingerprint density at radius 3 is 2.50 bits per heavy atom. The third-order valence-electron chi connectivity index (χ3n) is 3.31. The van der Waals surface area contributed by atoms with Crippen LogP contribution in [-0.2, 0) is 6.42 Å². The predicted octanol–water partition coefficient (Wildman–Crippen LogP) is 4.60. The van der Waals surface area contributed by atoms with Gasteiger partial charge in [-0.15, -0.1) is 11.3 Å². The fourth-order valence-corrected chi connectivity index (χ4v) is 3.26. The molecule has 2 rings (SSSR count). The van der Waals surface area contributed by atoms with Crippen molar-refractivity contribution in [3.63, 3.8) is 0 Å². The molecule has 1 N–H and O–H groups in total. The van der Waals surface area contributed by atoms with Gasteiger partial charge in [-0.3, -0.25) is 0 Å². The van der Waals surface area contributed by atoms with Crippen LogP contribution < -0.4 is 5.32 Å². The summed E-state index contributed by atoms with van der Waals surface area (Å²) in [5.74, 6) is -0.993. The second-order valence-electron chi connectivity index (χ2n) is 4.77. The van der Waals surface area contributed by atoms with Crippen molar-refractivity contribution in [2.75, 3.05) is 6.54 Å². The molecule has 1 unspecified atom stereocenters. The van der Waals surface area contributed by atoms with Gasteiger partial charge in [0.1, 0.15) is 11.6 Å². The quantitative estimate of drug-likeness (QED) is 0.850. The van der Waals surface area contributed by atoms with E-state index in [1.165, 1.54) is 4.88 Å². The van der Waals surface area contributed by atoms with Gasteiger partial charge < -0.3 is 5.32 Å². The van der Waals surface area contributed by atoms with Gasteiger partial charge in [0.05, 0.1) is 6.04 Å². The highest BCUT2D eigenvalue weighted by Crippen LogP contribution is 2.31. The van der Waals surface area contributed by atoms with Crippen molar-refractivity contribution in [1.29, 1.82) is 0 Å². The number of halogens is 2. The van der Waals surface area contributed by atoms with E-state index in [1.54, 1.807) is 24.3 Å². The number of hydrogen-bond donors (Lipinski definition) is 1. The smallest absolute Gasteiger partial charge is 0.131 e. The molecule has 4 heteroatoms. The van der Waals surface area contributed by atoms with Crippen LogP contribution in [0.2, 0.25) is 0 Å². The summed E-state index contributed by atoms with van der Waals surface area (Å²) in [6.07, 6.45) is 0.967. The topological polar surface area (TPSA) is 12.0 Å².